The van der Waals surface area contributed by atoms with Crippen molar-refractivity contribution in [3.63, 3.8) is 0 Å². The number of amides is 1. The molecule has 0 bridgehead atoms. The van der Waals surface area contributed by atoms with E-state index in [0.29, 0.717) is 19.5 Å². The van der Waals surface area contributed by atoms with Crippen LogP contribution in [0, 0.1) is 6.92 Å². The summed E-state index contributed by atoms with van der Waals surface area (Å²) in [6, 6.07) is 5.78. The molecule has 7 heteroatoms. The molecule has 0 aliphatic carbocycles. The highest BCUT2D eigenvalue weighted by Gasteiger charge is 2.13. The first-order chi connectivity index (χ1) is 11.1. The van der Waals surface area contributed by atoms with Crippen LogP contribution >= 0.6 is 11.3 Å². The molecule has 23 heavy (non-hydrogen) atoms. The number of fused-ring (bicyclic) bond motifs is 1. The largest absolute Gasteiger partial charge is 0.454 e. The van der Waals surface area contributed by atoms with E-state index in [-0.39, 0.29) is 17.6 Å². The van der Waals surface area contributed by atoms with Gasteiger partial charge in [0.25, 0.3) is 0 Å². The highest BCUT2D eigenvalue weighted by molar-refractivity contribution is 7.07. The van der Waals surface area contributed by atoms with Gasteiger partial charge in [-0.3, -0.25) is 9.59 Å². The molecule has 2 aromatic rings. The van der Waals surface area contributed by atoms with Crippen LogP contribution in [0.15, 0.2) is 28.4 Å². The van der Waals surface area contributed by atoms with Gasteiger partial charge in [-0.25, -0.2) is 0 Å². The Balaban J connectivity index is 1.43. The molecule has 0 saturated heterocycles. The summed E-state index contributed by atoms with van der Waals surface area (Å²) < 4.78 is 12.2. The minimum atomic E-state index is -0.0526. The smallest absolute Gasteiger partial charge is 0.307 e. The lowest BCUT2D eigenvalue weighted by atomic mass is 10.1. The number of ether oxygens (including phenoxy) is 2. The lowest BCUT2D eigenvalue weighted by molar-refractivity contribution is -0.121. The van der Waals surface area contributed by atoms with Gasteiger partial charge in [-0.15, -0.1) is 0 Å². The fraction of sp³-hybridized carbons (Fsp3) is 0.375. The molecule has 0 spiro atoms. The maximum atomic E-state index is 11.9. The number of aromatic nitrogens is 1. The van der Waals surface area contributed by atoms with Crippen LogP contribution in [0.25, 0.3) is 0 Å². The van der Waals surface area contributed by atoms with Crippen molar-refractivity contribution in [2.75, 3.05) is 13.3 Å². The molecule has 3 rings (SSSR count). The van der Waals surface area contributed by atoms with Crippen molar-refractivity contribution in [1.82, 2.24) is 9.88 Å². The zero-order valence-electron chi connectivity index (χ0n) is 12.8. The Morgan fingerprint density at radius 3 is 2.96 bits per heavy atom. The van der Waals surface area contributed by atoms with E-state index in [0.717, 1.165) is 40.5 Å². The van der Waals surface area contributed by atoms with E-state index in [2.05, 4.69) is 5.32 Å². The van der Waals surface area contributed by atoms with Crippen LogP contribution in [0.2, 0.25) is 0 Å². The van der Waals surface area contributed by atoms with E-state index in [1.165, 1.54) is 0 Å². The summed E-state index contributed by atoms with van der Waals surface area (Å²) in [6.45, 7) is 3.10. The number of hydrogen-bond acceptors (Lipinski definition) is 5. The van der Waals surface area contributed by atoms with Gasteiger partial charge < -0.3 is 19.4 Å². The number of carbonyl (C=O) groups excluding carboxylic acids is 1. The predicted octanol–water partition coefficient (Wildman–Crippen LogP) is 1.70. The van der Waals surface area contributed by atoms with Crippen molar-refractivity contribution in [3.05, 3.63) is 44.5 Å². The summed E-state index contributed by atoms with van der Waals surface area (Å²) in [4.78, 5) is 23.4. The molecule has 2 heterocycles. The lowest BCUT2D eigenvalue weighted by Crippen LogP contribution is -2.28. The molecule has 1 aliphatic heterocycles. The molecule has 1 aliphatic rings. The van der Waals surface area contributed by atoms with Crippen molar-refractivity contribution in [1.29, 1.82) is 0 Å². The number of rotatable bonds is 6. The van der Waals surface area contributed by atoms with E-state index >= 15 is 0 Å². The highest BCUT2D eigenvalue weighted by Crippen LogP contribution is 2.32. The van der Waals surface area contributed by atoms with Crippen molar-refractivity contribution in [3.8, 4) is 11.5 Å². The van der Waals surface area contributed by atoms with Gasteiger partial charge in [0.15, 0.2) is 11.5 Å². The van der Waals surface area contributed by atoms with Gasteiger partial charge in [-0.1, -0.05) is 17.4 Å². The molecule has 0 radical (unpaired) electrons. The molecular weight excluding hydrogens is 316 g/mol. The van der Waals surface area contributed by atoms with Crippen LogP contribution in [0.1, 0.15) is 17.7 Å². The fourth-order valence-electron chi connectivity index (χ4n) is 2.42. The third-order valence-corrected chi connectivity index (χ3v) is 4.59. The number of benzene rings is 1. The fourth-order valence-corrected chi connectivity index (χ4v) is 3.18. The second-order valence-corrected chi connectivity index (χ2v) is 6.15. The van der Waals surface area contributed by atoms with Gasteiger partial charge in [0, 0.05) is 30.6 Å². The normalized spacial score (nSPS) is 12.4. The van der Waals surface area contributed by atoms with Crippen LogP contribution in [0.5, 0.6) is 11.5 Å². The topological polar surface area (TPSA) is 69.6 Å². The third-order valence-electron chi connectivity index (χ3n) is 3.71. The first kappa shape index (κ1) is 15.6. The van der Waals surface area contributed by atoms with Gasteiger partial charge in [-0.2, -0.15) is 0 Å². The number of nitrogens with one attached hydrogen (secondary N) is 1. The first-order valence-electron chi connectivity index (χ1n) is 7.43. The standard InChI is InChI=1S/C16H18N2O4S/c1-11-9-23-16(20)18(11)7-5-15(19)17-6-4-12-2-3-13-14(8-12)22-10-21-13/h2-3,8-9H,4-7,10H2,1H3,(H,17,19). The summed E-state index contributed by atoms with van der Waals surface area (Å²) in [5, 5.41) is 4.68. The lowest BCUT2D eigenvalue weighted by Gasteiger charge is -2.07. The van der Waals surface area contributed by atoms with Crippen LogP contribution < -0.4 is 19.7 Å². The van der Waals surface area contributed by atoms with Crippen molar-refractivity contribution >= 4 is 17.2 Å². The SMILES string of the molecule is Cc1csc(=O)n1CCC(=O)NCCc1ccc2c(c1)OCO2. The zero-order valence-corrected chi connectivity index (χ0v) is 13.6. The summed E-state index contributed by atoms with van der Waals surface area (Å²) in [7, 11) is 0. The summed E-state index contributed by atoms with van der Waals surface area (Å²) >= 11 is 1.16. The number of nitrogens with zero attached hydrogens (tertiary/aromatic N) is 1. The first-order valence-corrected chi connectivity index (χ1v) is 8.31. The summed E-state index contributed by atoms with van der Waals surface area (Å²) in [5.74, 6) is 1.46. The minimum Gasteiger partial charge on any atom is -0.454 e. The van der Waals surface area contributed by atoms with Gasteiger partial charge in [0.2, 0.25) is 12.7 Å². The average Bonchev–Trinajstić information content (AvgIpc) is 3.12. The maximum Gasteiger partial charge on any atom is 0.307 e. The van der Waals surface area contributed by atoms with Crippen LogP contribution in [-0.4, -0.2) is 23.8 Å². The number of thiazole rings is 1. The monoisotopic (exact) mass is 334 g/mol. The Labute approximate surface area is 137 Å². The van der Waals surface area contributed by atoms with Crippen LogP contribution in [0.3, 0.4) is 0 Å². The van der Waals surface area contributed by atoms with E-state index in [9.17, 15) is 9.59 Å². The second-order valence-electron chi connectivity index (χ2n) is 5.33. The molecule has 0 saturated carbocycles. The Bertz CT molecular complexity index is 766. The van der Waals surface area contributed by atoms with E-state index in [4.69, 9.17) is 9.47 Å². The molecule has 0 unspecified atom stereocenters. The van der Waals surface area contributed by atoms with Gasteiger partial charge in [0.1, 0.15) is 0 Å². The van der Waals surface area contributed by atoms with E-state index in [1.54, 1.807) is 9.95 Å². The Morgan fingerprint density at radius 2 is 2.17 bits per heavy atom. The molecule has 0 fully saturated rings. The van der Waals surface area contributed by atoms with Gasteiger partial charge in [0.05, 0.1) is 0 Å². The molecule has 1 N–H and O–H groups in total. The van der Waals surface area contributed by atoms with Crippen molar-refractivity contribution in [2.45, 2.75) is 26.3 Å². The van der Waals surface area contributed by atoms with E-state index < -0.39 is 0 Å². The molecule has 1 aromatic carbocycles. The second kappa shape index (κ2) is 6.87. The molecule has 0 atom stereocenters. The average molecular weight is 334 g/mol. The Hall–Kier alpha value is -2.28. The molecule has 122 valence electrons. The number of hydrogen-bond donors (Lipinski definition) is 1. The summed E-state index contributed by atoms with van der Waals surface area (Å²) in [5.41, 5.74) is 1.98. The molecule has 1 aromatic heterocycles. The van der Waals surface area contributed by atoms with Crippen molar-refractivity contribution in [2.24, 2.45) is 0 Å². The quantitative estimate of drug-likeness (QED) is 0.873. The third kappa shape index (κ3) is 3.73. The number of carbonyl (C=O) groups is 1. The number of aryl methyl sites for hydroxylation is 1. The van der Waals surface area contributed by atoms with Crippen LogP contribution in [-0.2, 0) is 17.8 Å². The molecule has 1 amide bonds. The van der Waals surface area contributed by atoms with Gasteiger partial charge in [-0.05, 0) is 31.0 Å². The van der Waals surface area contributed by atoms with Crippen molar-refractivity contribution < 1.29 is 14.3 Å². The predicted molar refractivity (Wildman–Crippen MR) is 87.2 cm³/mol. The highest BCUT2D eigenvalue weighted by atomic mass is 32.1. The summed E-state index contributed by atoms with van der Waals surface area (Å²) in [6.07, 6.45) is 1.03. The van der Waals surface area contributed by atoms with E-state index in [1.807, 2.05) is 25.1 Å². The van der Waals surface area contributed by atoms with Gasteiger partial charge >= 0.3 is 4.87 Å². The maximum absolute atomic E-state index is 11.9. The Kier molecular flexibility index (Phi) is 4.66. The minimum absolute atomic E-state index is 0.0179. The Morgan fingerprint density at radius 1 is 1.35 bits per heavy atom. The molecule has 6 nitrogen and oxygen atoms in total. The molecular formula is C16H18N2O4S. The van der Waals surface area contributed by atoms with Crippen LogP contribution in [0.4, 0.5) is 0 Å². The zero-order chi connectivity index (χ0) is 16.2.